The highest BCUT2D eigenvalue weighted by atomic mass is 14.9. The van der Waals surface area contributed by atoms with Crippen molar-refractivity contribution in [1.29, 1.82) is 0 Å². The molecule has 0 aliphatic rings. The molecule has 2 rings (SSSR count). The van der Waals surface area contributed by atoms with Crippen molar-refractivity contribution < 1.29 is 0 Å². The fraction of sp³-hybridized carbons (Fsp3) is 0.0400. The van der Waals surface area contributed by atoms with Gasteiger partial charge in [0, 0.05) is 11.4 Å². The topological polar surface area (TPSA) is 12.0 Å². The molecule has 2 aromatic carbocycles. The van der Waals surface area contributed by atoms with E-state index in [1.165, 1.54) is 0 Å². The van der Waals surface area contributed by atoms with E-state index in [1.807, 2.05) is 98.0 Å². The Hall–Kier alpha value is -3.26. The Labute approximate surface area is 164 Å². The van der Waals surface area contributed by atoms with E-state index in [-0.39, 0.29) is 0 Å². The highest BCUT2D eigenvalue weighted by Crippen LogP contribution is 2.14. The Bertz CT molecular complexity index is 884. The van der Waals surface area contributed by atoms with Gasteiger partial charge < -0.3 is 5.32 Å². The summed E-state index contributed by atoms with van der Waals surface area (Å²) in [7, 11) is 6.14. The summed E-state index contributed by atoms with van der Waals surface area (Å²) in [5.41, 5.74) is 5.55. The van der Waals surface area contributed by atoms with Crippen molar-refractivity contribution in [2.45, 2.75) is 6.92 Å². The van der Waals surface area contributed by atoms with Crippen molar-refractivity contribution in [2.75, 3.05) is 0 Å². The molecule has 27 heavy (non-hydrogen) atoms. The van der Waals surface area contributed by atoms with Crippen LogP contribution in [-0.2, 0) is 0 Å². The van der Waals surface area contributed by atoms with Crippen LogP contribution in [0.5, 0.6) is 0 Å². The van der Waals surface area contributed by atoms with Gasteiger partial charge in [0.25, 0.3) is 0 Å². The minimum Gasteiger partial charge on any atom is -0.356 e. The van der Waals surface area contributed by atoms with Gasteiger partial charge in [-0.1, -0.05) is 97.5 Å². The minimum atomic E-state index is 0.701. The molecule has 0 aliphatic heterocycles. The van der Waals surface area contributed by atoms with Crippen LogP contribution in [0, 0.1) is 0 Å². The van der Waals surface area contributed by atoms with Crippen LogP contribution < -0.4 is 5.32 Å². The van der Waals surface area contributed by atoms with Crippen LogP contribution in [0.15, 0.2) is 122 Å². The maximum absolute atomic E-state index is 6.14. The van der Waals surface area contributed by atoms with E-state index >= 15 is 0 Å². The summed E-state index contributed by atoms with van der Waals surface area (Å²) in [5, 5.41) is 3.34. The molecule has 0 heterocycles. The number of rotatable bonds is 8. The van der Waals surface area contributed by atoms with E-state index in [2.05, 4.69) is 18.5 Å². The summed E-state index contributed by atoms with van der Waals surface area (Å²) in [5.74, 6) is 0. The summed E-state index contributed by atoms with van der Waals surface area (Å²) < 4.78 is 0. The first-order valence-corrected chi connectivity index (χ1v) is 8.85. The molecule has 1 nitrogen and oxygen atoms in total. The quantitative estimate of drug-likeness (QED) is 0.453. The van der Waals surface area contributed by atoms with E-state index in [0.29, 0.717) is 5.47 Å². The number of allylic oxidation sites excluding steroid dienone is 7. The third-order valence-electron chi connectivity index (χ3n) is 3.98. The second-order valence-corrected chi connectivity index (χ2v) is 5.91. The van der Waals surface area contributed by atoms with E-state index in [1.54, 1.807) is 6.08 Å². The molecule has 0 aliphatic carbocycles. The molecular formula is C25H24BN. The summed E-state index contributed by atoms with van der Waals surface area (Å²) in [6.45, 7) is 9.97. The van der Waals surface area contributed by atoms with Gasteiger partial charge >= 0.3 is 0 Å². The average molecular weight is 349 g/mol. The Morgan fingerprint density at radius 3 is 2.00 bits per heavy atom. The Morgan fingerprint density at radius 1 is 0.852 bits per heavy atom. The predicted molar refractivity (Wildman–Crippen MR) is 120 cm³/mol. The first-order chi connectivity index (χ1) is 13.1. The highest BCUT2D eigenvalue weighted by Gasteiger charge is 1.97. The maximum Gasteiger partial charge on any atom is 0.114 e. The van der Waals surface area contributed by atoms with Crippen molar-refractivity contribution in [3.63, 3.8) is 0 Å². The Balaban J connectivity index is 2.08. The molecule has 0 spiro atoms. The van der Waals surface area contributed by atoms with Crippen LogP contribution in [-0.4, -0.2) is 7.85 Å². The van der Waals surface area contributed by atoms with Crippen LogP contribution in [0.2, 0.25) is 0 Å². The summed E-state index contributed by atoms with van der Waals surface area (Å²) >= 11 is 0. The zero-order chi connectivity index (χ0) is 19.5. The first-order valence-electron chi connectivity index (χ1n) is 8.85. The van der Waals surface area contributed by atoms with Gasteiger partial charge in [0.05, 0.1) is 0 Å². The van der Waals surface area contributed by atoms with E-state index in [0.717, 1.165) is 28.1 Å². The lowest BCUT2D eigenvalue weighted by Crippen LogP contribution is -2.09. The molecule has 2 aromatic rings. The molecule has 1 N–H and O–H groups in total. The monoisotopic (exact) mass is 349 g/mol. The zero-order valence-corrected chi connectivity index (χ0v) is 15.7. The van der Waals surface area contributed by atoms with Crippen LogP contribution in [0.1, 0.15) is 18.1 Å². The average Bonchev–Trinajstić information content (AvgIpc) is 2.74. The molecule has 0 saturated heterocycles. The maximum atomic E-state index is 6.14. The van der Waals surface area contributed by atoms with Gasteiger partial charge in [-0.2, -0.15) is 0 Å². The standard InChI is InChI=1S/C25H24BN/c1-4-23(17-16-20(3)21-12-8-6-9-13-21)27-24(5-2)18-19-25(26)22-14-10-7-11-15-22/h4-19,27H,2-3H2,1H3/b17-16-,23-4+,24-18+,25-19-. The van der Waals surface area contributed by atoms with Gasteiger partial charge in [0.15, 0.2) is 0 Å². The molecule has 0 amide bonds. The Morgan fingerprint density at radius 2 is 1.44 bits per heavy atom. The van der Waals surface area contributed by atoms with E-state index in [9.17, 15) is 0 Å². The van der Waals surface area contributed by atoms with Gasteiger partial charge in [0.2, 0.25) is 0 Å². The number of benzene rings is 2. The van der Waals surface area contributed by atoms with E-state index in [4.69, 9.17) is 7.85 Å². The molecule has 132 valence electrons. The minimum absolute atomic E-state index is 0.701. The molecule has 0 aromatic heterocycles. The highest BCUT2D eigenvalue weighted by molar-refractivity contribution is 6.42. The van der Waals surface area contributed by atoms with Crippen molar-refractivity contribution in [3.05, 3.63) is 133 Å². The van der Waals surface area contributed by atoms with Crippen LogP contribution in [0.3, 0.4) is 0 Å². The van der Waals surface area contributed by atoms with E-state index < -0.39 is 0 Å². The fourth-order valence-corrected chi connectivity index (χ4v) is 2.38. The molecule has 2 heteroatoms. The SMILES string of the molecule is [B]/C(=C\C=C(/C=C)NC(/C=C\C(=C)c1ccccc1)=C/C)c1ccccc1. The first kappa shape index (κ1) is 20.1. The smallest absolute Gasteiger partial charge is 0.114 e. The molecule has 0 bridgehead atoms. The van der Waals surface area contributed by atoms with Crippen molar-refractivity contribution in [2.24, 2.45) is 0 Å². The van der Waals surface area contributed by atoms with Gasteiger partial charge in [-0.3, -0.25) is 0 Å². The molecular weight excluding hydrogens is 325 g/mol. The normalized spacial score (nSPS) is 12.9. The lowest BCUT2D eigenvalue weighted by atomic mass is 9.88. The molecule has 2 radical (unpaired) electrons. The second-order valence-electron chi connectivity index (χ2n) is 5.91. The van der Waals surface area contributed by atoms with Gasteiger partial charge in [-0.05, 0) is 41.9 Å². The molecule has 0 atom stereocenters. The summed E-state index contributed by atoms with van der Waals surface area (Å²) in [4.78, 5) is 0. The largest absolute Gasteiger partial charge is 0.356 e. The van der Waals surface area contributed by atoms with Gasteiger partial charge in [-0.15, -0.1) is 0 Å². The number of hydrogen-bond donors (Lipinski definition) is 1. The van der Waals surface area contributed by atoms with Crippen LogP contribution >= 0.6 is 0 Å². The number of nitrogens with one attached hydrogen (secondary N) is 1. The van der Waals surface area contributed by atoms with Crippen molar-refractivity contribution in [1.82, 2.24) is 5.32 Å². The van der Waals surface area contributed by atoms with Gasteiger partial charge in [0.1, 0.15) is 7.85 Å². The van der Waals surface area contributed by atoms with Gasteiger partial charge in [-0.25, -0.2) is 0 Å². The lowest BCUT2D eigenvalue weighted by molar-refractivity contribution is 1.04. The third kappa shape index (κ3) is 6.52. The molecule has 0 unspecified atom stereocenters. The predicted octanol–water partition coefficient (Wildman–Crippen LogP) is 6.03. The Kier molecular flexibility index (Phi) is 7.93. The zero-order valence-electron chi connectivity index (χ0n) is 15.7. The molecule has 0 fully saturated rings. The fourth-order valence-electron chi connectivity index (χ4n) is 2.38. The third-order valence-corrected chi connectivity index (χ3v) is 3.98. The van der Waals surface area contributed by atoms with Crippen LogP contribution in [0.25, 0.3) is 11.0 Å². The lowest BCUT2D eigenvalue weighted by Gasteiger charge is -2.08. The molecule has 0 saturated carbocycles. The van der Waals surface area contributed by atoms with Crippen molar-refractivity contribution in [3.8, 4) is 0 Å². The second kappa shape index (κ2) is 10.7. The van der Waals surface area contributed by atoms with Crippen molar-refractivity contribution >= 4 is 18.9 Å². The number of hydrogen-bond acceptors (Lipinski definition) is 1. The summed E-state index contributed by atoms with van der Waals surface area (Å²) in [6.07, 6.45) is 11.5. The van der Waals surface area contributed by atoms with Crippen LogP contribution in [0.4, 0.5) is 0 Å². The summed E-state index contributed by atoms with van der Waals surface area (Å²) in [6, 6.07) is 20.0.